The van der Waals surface area contributed by atoms with Crippen LogP contribution in [0.2, 0.25) is 5.15 Å². The molecule has 0 saturated carbocycles. The summed E-state index contributed by atoms with van der Waals surface area (Å²) in [5.74, 6) is 0.875. The van der Waals surface area contributed by atoms with E-state index >= 15 is 0 Å². The first kappa shape index (κ1) is 10.7. The van der Waals surface area contributed by atoms with Crippen molar-refractivity contribution in [2.75, 3.05) is 18.0 Å². The topological polar surface area (TPSA) is 49.2 Å². The number of aromatic nitrogens is 2. The van der Waals surface area contributed by atoms with Crippen molar-refractivity contribution in [2.24, 2.45) is 0 Å². The van der Waals surface area contributed by atoms with Crippen molar-refractivity contribution >= 4 is 28.2 Å². The van der Waals surface area contributed by atoms with Crippen molar-refractivity contribution in [3.63, 3.8) is 0 Å². The van der Waals surface area contributed by atoms with Gasteiger partial charge in [-0.1, -0.05) is 11.6 Å². The van der Waals surface area contributed by atoms with Crippen LogP contribution >= 0.6 is 11.6 Å². The van der Waals surface area contributed by atoms with Crippen LogP contribution in [0.5, 0.6) is 0 Å². The number of rotatable bonds is 1. The Morgan fingerprint density at radius 3 is 2.76 bits per heavy atom. The lowest BCUT2D eigenvalue weighted by Gasteiger charge is -2.37. The van der Waals surface area contributed by atoms with E-state index in [1.54, 1.807) is 6.20 Å². The molecule has 5 heteroatoms. The monoisotopic (exact) mass is 249 g/mol. The fraction of sp³-hybridized carbons (Fsp3) is 0.333. The van der Waals surface area contributed by atoms with Crippen molar-refractivity contribution < 1.29 is 5.11 Å². The van der Waals surface area contributed by atoms with Gasteiger partial charge in [0.25, 0.3) is 0 Å². The standard InChI is InChI=1S/C12H12ClN3O/c1-7-3-15-12(16-5-8(17)6-16)10-4-14-11(13)2-9(7)10/h2-4,8,17H,5-6H2,1H3. The van der Waals surface area contributed by atoms with E-state index in [1.807, 2.05) is 24.1 Å². The predicted octanol–water partition coefficient (Wildman–Crippen LogP) is 1.77. The Balaban J connectivity index is 2.16. The van der Waals surface area contributed by atoms with Gasteiger partial charge in [0, 0.05) is 30.9 Å². The summed E-state index contributed by atoms with van der Waals surface area (Å²) in [6.45, 7) is 3.27. The molecule has 88 valence electrons. The second kappa shape index (κ2) is 3.82. The van der Waals surface area contributed by atoms with E-state index in [2.05, 4.69) is 9.97 Å². The van der Waals surface area contributed by atoms with E-state index in [0.29, 0.717) is 18.2 Å². The number of halogens is 1. The molecule has 2 aromatic heterocycles. The normalized spacial score (nSPS) is 16.3. The van der Waals surface area contributed by atoms with Crippen LogP contribution in [0.1, 0.15) is 5.56 Å². The smallest absolute Gasteiger partial charge is 0.138 e. The Bertz CT molecular complexity index is 581. The molecule has 1 aliphatic heterocycles. The first-order chi connectivity index (χ1) is 8.15. The molecule has 1 N–H and O–H groups in total. The third kappa shape index (κ3) is 1.73. The third-order valence-corrected chi connectivity index (χ3v) is 3.29. The maximum Gasteiger partial charge on any atom is 0.138 e. The Morgan fingerprint density at radius 2 is 2.06 bits per heavy atom. The maximum absolute atomic E-state index is 9.34. The summed E-state index contributed by atoms with van der Waals surface area (Å²) in [7, 11) is 0. The number of fused-ring (bicyclic) bond motifs is 1. The van der Waals surface area contributed by atoms with Crippen LogP contribution < -0.4 is 4.90 Å². The molecule has 3 heterocycles. The molecule has 0 amide bonds. The molecular formula is C12H12ClN3O. The number of aliphatic hydroxyl groups excluding tert-OH is 1. The Labute approximate surface area is 104 Å². The van der Waals surface area contributed by atoms with Gasteiger partial charge in [0.15, 0.2) is 0 Å². The molecular weight excluding hydrogens is 238 g/mol. The van der Waals surface area contributed by atoms with Crippen molar-refractivity contribution in [2.45, 2.75) is 13.0 Å². The van der Waals surface area contributed by atoms with E-state index < -0.39 is 0 Å². The molecule has 0 aliphatic carbocycles. The number of hydrogen-bond donors (Lipinski definition) is 1. The average molecular weight is 250 g/mol. The third-order valence-electron chi connectivity index (χ3n) is 3.08. The van der Waals surface area contributed by atoms with E-state index in [9.17, 15) is 5.11 Å². The maximum atomic E-state index is 9.34. The molecule has 1 aliphatic rings. The van der Waals surface area contributed by atoms with Gasteiger partial charge < -0.3 is 10.0 Å². The highest BCUT2D eigenvalue weighted by atomic mass is 35.5. The minimum Gasteiger partial charge on any atom is -0.389 e. The van der Waals surface area contributed by atoms with Gasteiger partial charge in [-0.25, -0.2) is 9.97 Å². The van der Waals surface area contributed by atoms with Gasteiger partial charge in [0.05, 0.1) is 6.10 Å². The number of anilines is 1. The molecule has 4 nitrogen and oxygen atoms in total. The molecule has 1 saturated heterocycles. The van der Waals surface area contributed by atoms with Gasteiger partial charge in [-0.05, 0) is 23.9 Å². The molecule has 3 rings (SSSR count). The first-order valence-electron chi connectivity index (χ1n) is 5.49. The molecule has 0 radical (unpaired) electrons. The zero-order valence-electron chi connectivity index (χ0n) is 9.39. The highest BCUT2D eigenvalue weighted by Crippen LogP contribution is 2.30. The van der Waals surface area contributed by atoms with Gasteiger partial charge in [0.2, 0.25) is 0 Å². The highest BCUT2D eigenvalue weighted by Gasteiger charge is 2.27. The van der Waals surface area contributed by atoms with E-state index in [1.165, 1.54) is 0 Å². The quantitative estimate of drug-likeness (QED) is 0.783. The van der Waals surface area contributed by atoms with Crippen LogP contribution in [-0.4, -0.2) is 34.3 Å². The Kier molecular flexibility index (Phi) is 2.42. The largest absolute Gasteiger partial charge is 0.389 e. The summed E-state index contributed by atoms with van der Waals surface area (Å²) in [6, 6.07) is 1.85. The lowest BCUT2D eigenvalue weighted by molar-refractivity contribution is 0.141. The fourth-order valence-electron chi connectivity index (χ4n) is 2.11. The first-order valence-corrected chi connectivity index (χ1v) is 5.87. The number of aryl methyl sites for hydroxylation is 1. The molecule has 0 spiro atoms. The summed E-state index contributed by atoms with van der Waals surface area (Å²) in [5.41, 5.74) is 1.08. The molecule has 17 heavy (non-hydrogen) atoms. The molecule has 0 aromatic carbocycles. The summed E-state index contributed by atoms with van der Waals surface area (Å²) in [5, 5.41) is 11.9. The van der Waals surface area contributed by atoms with Crippen LogP contribution in [0.15, 0.2) is 18.5 Å². The summed E-state index contributed by atoms with van der Waals surface area (Å²) in [4.78, 5) is 10.6. The molecule has 0 unspecified atom stereocenters. The number of nitrogens with zero attached hydrogens (tertiary/aromatic N) is 3. The molecule has 0 atom stereocenters. The SMILES string of the molecule is Cc1cnc(N2CC(O)C2)c2cnc(Cl)cc12. The minimum atomic E-state index is -0.242. The van der Waals surface area contributed by atoms with Crippen LogP contribution in [0.4, 0.5) is 5.82 Å². The van der Waals surface area contributed by atoms with Crippen molar-refractivity contribution in [1.82, 2.24) is 9.97 Å². The summed E-state index contributed by atoms with van der Waals surface area (Å²) >= 11 is 5.91. The van der Waals surface area contributed by atoms with E-state index in [-0.39, 0.29) is 6.10 Å². The molecule has 2 aromatic rings. The zero-order chi connectivity index (χ0) is 12.0. The van der Waals surface area contributed by atoms with Crippen molar-refractivity contribution in [1.29, 1.82) is 0 Å². The summed E-state index contributed by atoms with van der Waals surface area (Å²) < 4.78 is 0. The summed E-state index contributed by atoms with van der Waals surface area (Å²) in [6.07, 6.45) is 3.34. The Morgan fingerprint density at radius 1 is 1.29 bits per heavy atom. The van der Waals surface area contributed by atoms with Gasteiger partial charge in [-0.3, -0.25) is 0 Å². The van der Waals surface area contributed by atoms with Crippen molar-refractivity contribution in [3.8, 4) is 0 Å². The molecule has 1 fully saturated rings. The lowest BCUT2D eigenvalue weighted by atomic mass is 10.1. The minimum absolute atomic E-state index is 0.242. The fourth-order valence-corrected chi connectivity index (χ4v) is 2.27. The van der Waals surface area contributed by atoms with Crippen LogP contribution in [-0.2, 0) is 0 Å². The van der Waals surface area contributed by atoms with Crippen LogP contribution in [0.25, 0.3) is 10.8 Å². The van der Waals surface area contributed by atoms with E-state index in [0.717, 1.165) is 22.2 Å². The van der Waals surface area contributed by atoms with Gasteiger partial charge in [-0.15, -0.1) is 0 Å². The average Bonchev–Trinajstić information content (AvgIpc) is 2.27. The number of aliphatic hydroxyl groups is 1. The van der Waals surface area contributed by atoms with Gasteiger partial charge in [0.1, 0.15) is 11.0 Å². The van der Waals surface area contributed by atoms with E-state index in [4.69, 9.17) is 11.6 Å². The van der Waals surface area contributed by atoms with Gasteiger partial charge >= 0.3 is 0 Å². The zero-order valence-corrected chi connectivity index (χ0v) is 10.1. The second-order valence-corrected chi connectivity index (χ2v) is 4.76. The van der Waals surface area contributed by atoms with Crippen LogP contribution in [0.3, 0.4) is 0 Å². The molecule has 0 bridgehead atoms. The predicted molar refractivity (Wildman–Crippen MR) is 67.5 cm³/mol. The Hall–Kier alpha value is -1.39. The van der Waals surface area contributed by atoms with Crippen molar-refractivity contribution in [3.05, 3.63) is 29.2 Å². The van der Waals surface area contributed by atoms with Crippen LogP contribution in [0, 0.1) is 6.92 Å². The van der Waals surface area contributed by atoms with Gasteiger partial charge in [-0.2, -0.15) is 0 Å². The highest BCUT2D eigenvalue weighted by molar-refractivity contribution is 6.30. The second-order valence-electron chi connectivity index (χ2n) is 4.38. The number of β-amino-alcohol motifs (C(OH)–C–C–N with tert-alkyl or cyclic N) is 1. The lowest BCUT2D eigenvalue weighted by Crippen LogP contribution is -2.51. The number of pyridine rings is 2. The number of hydrogen-bond acceptors (Lipinski definition) is 4.